The molecule has 1 atom stereocenters. The molecule has 2 aromatic carbocycles. The zero-order valence-corrected chi connectivity index (χ0v) is 17.5. The first-order valence-corrected chi connectivity index (χ1v) is 10.2. The van der Waals surface area contributed by atoms with E-state index >= 15 is 0 Å². The van der Waals surface area contributed by atoms with Crippen LogP contribution in [-0.2, 0) is 11.3 Å². The Kier molecular flexibility index (Phi) is 7.23. The van der Waals surface area contributed by atoms with E-state index in [-0.39, 0.29) is 17.8 Å². The fourth-order valence-corrected chi connectivity index (χ4v) is 3.88. The van der Waals surface area contributed by atoms with Crippen molar-refractivity contribution in [1.82, 2.24) is 9.80 Å². The lowest BCUT2D eigenvalue weighted by molar-refractivity contribution is -0.124. The molecule has 1 heterocycles. The number of benzene rings is 2. The highest BCUT2D eigenvalue weighted by Crippen LogP contribution is 2.22. The summed E-state index contributed by atoms with van der Waals surface area (Å²) in [6, 6.07) is 14.3. The van der Waals surface area contributed by atoms with Crippen LogP contribution in [0.4, 0.5) is 10.1 Å². The van der Waals surface area contributed by atoms with Crippen LogP contribution in [0, 0.1) is 5.82 Å². The maximum atomic E-state index is 13.6. The van der Waals surface area contributed by atoms with Crippen molar-refractivity contribution in [2.45, 2.75) is 26.4 Å². The zero-order valence-electron chi connectivity index (χ0n) is 17.5. The van der Waals surface area contributed by atoms with E-state index in [0.717, 1.165) is 37.4 Å². The average molecular weight is 400 g/mol. The lowest BCUT2D eigenvalue weighted by Gasteiger charge is -2.39. The molecule has 0 aliphatic carbocycles. The number of rotatable bonds is 7. The van der Waals surface area contributed by atoms with Crippen molar-refractivity contribution in [3.05, 3.63) is 59.9 Å². The van der Waals surface area contributed by atoms with E-state index in [1.54, 1.807) is 13.2 Å². The lowest BCUT2D eigenvalue weighted by Crippen LogP contribution is -2.54. The van der Waals surface area contributed by atoms with Crippen molar-refractivity contribution in [2.75, 3.05) is 44.7 Å². The predicted molar refractivity (Wildman–Crippen MR) is 114 cm³/mol. The van der Waals surface area contributed by atoms with Gasteiger partial charge in [0.25, 0.3) is 0 Å². The third kappa shape index (κ3) is 5.14. The number of methoxy groups -OCH3 is 1. The van der Waals surface area contributed by atoms with Crippen LogP contribution < -0.4 is 9.64 Å². The fraction of sp³-hybridized carbons (Fsp3) is 0.435. The van der Waals surface area contributed by atoms with Crippen LogP contribution in [0.5, 0.6) is 5.75 Å². The maximum absolute atomic E-state index is 13.6. The van der Waals surface area contributed by atoms with E-state index in [1.165, 1.54) is 12.1 Å². The highest BCUT2D eigenvalue weighted by atomic mass is 19.1. The van der Waals surface area contributed by atoms with E-state index < -0.39 is 0 Å². The Morgan fingerprint density at radius 1 is 1.14 bits per heavy atom. The number of ether oxygens (including phenoxy) is 1. The molecular formula is C23H30FN3O2. The number of para-hydroxylation sites is 1. The van der Waals surface area contributed by atoms with Gasteiger partial charge in [-0.05, 0) is 44.2 Å². The number of carbonyl (C=O) groups excluding carboxylic acids is 1. The second-order valence-electron chi connectivity index (χ2n) is 7.36. The first-order valence-electron chi connectivity index (χ1n) is 10.2. The van der Waals surface area contributed by atoms with E-state index in [0.29, 0.717) is 18.8 Å². The Balaban J connectivity index is 1.58. The summed E-state index contributed by atoms with van der Waals surface area (Å²) in [7, 11) is 1.61. The fourth-order valence-electron chi connectivity index (χ4n) is 3.88. The van der Waals surface area contributed by atoms with Gasteiger partial charge < -0.3 is 9.64 Å². The number of anilines is 1. The van der Waals surface area contributed by atoms with Crippen LogP contribution >= 0.6 is 0 Å². The monoisotopic (exact) mass is 399 g/mol. The second-order valence-corrected chi connectivity index (χ2v) is 7.36. The SMILES string of the molecule is CCN(C(=O)[C@H](C)N1CCN(Cc2cc(F)ccc2OC)CC1)c1ccccc1. The summed E-state index contributed by atoms with van der Waals surface area (Å²) in [6.45, 7) is 8.53. The molecule has 0 aromatic heterocycles. The predicted octanol–water partition coefficient (Wildman–Crippen LogP) is 3.39. The van der Waals surface area contributed by atoms with Gasteiger partial charge in [0.2, 0.25) is 5.91 Å². The average Bonchev–Trinajstić information content (AvgIpc) is 2.75. The van der Waals surface area contributed by atoms with Crippen molar-refractivity contribution in [1.29, 1.82) is 0 Å². The number of likely N-dealkylation sites (N-methyl/N-ethyl adjacent to an activating group) is 1. The van der Waals surface area contributed by atoms with Crippen LogP contribution in [0.2, 0.25) is 0 Å². The molecule has 1 fully saturated rings. The Hall–Kier alpha value is -2.44. The molecule has 0 bridgehead atoms. The molecule has 0 spiro atoms. The Labute approximate surface area is 172 Å². The minimum atomic E-state index is -0.251. The molecule has 1 aliphatic rings. The molecular weight excluding hydrogens is 369 g/mol. The van der Waals surface area contributed by atoms with Crippen molar-refractivity contribution in [3.63, 3.8) is 0 Å². The molecule has 3 rings (SSSR count). The second kappa shape index (κ2) is 9.85. The minimum Gasteiger partial charge on any atom is -0.496 e. The quantitative estimate of drug-likeness (QED) is 0.715. The molecule has 0 radical (unpaired) electrons. The summed E-state index contributed by atoms with van der Waals surface area (Å²) in [6.07, 6.45) is 0. The largest absolute Gasteiger partial charge is 0.496 e. The molecule has 0 N–H and O–H groups in total. The number of hydrogen-bond acceptors (Lipinski definition) is 4. The third-order valence-corrected chi connectivity index (χ3v) is 5.60. The zero-order chi connectivity index (χ0) is 20.8. The molecule has 2 aromatic rings. The summed E-state index contributed by atoms with van der Waals surface area (Å²) in [5.74, 6) is 0.581. The molecule has 0 unspecified atom stereocenters. The van der Waals surface area contributed by atoms with Crippen molar-refractivity contribution < 1.29 is 13.9 Å². The van der Waals surface area contributed by atoms with Gasteiger partial charge in [0.15, 0.2) is 0 Å². The lowest BCUT2D eigenvalue weighted by atomic mass is 10.1. The van der Waals surface area contributed by atoms with Crippen molar-refractivity contribution in [2.24, 2.45) is 0 Å². The van der Waals surface area contributed by atoms with Gasteiger partial charge in [-0.15, -0.1) is 0 Å². The van der Waals surface area contributed by atoms with E-state index in [2.05, 4.69) is 9.80 Å². The number of carbonyl (C=O) groups is 1. The minimum absolute atomic E-state index is 0.124. The topological polar surface area (TPSA) is 36.0 Å². The van der Waals surface area contributed by atoms with Crippen LogP contribution in [0.1, 0.15) is 19.4 Å². The van der Waals surface area contributed by atoms with Crippen LogP contribution in [0.25, 0.3) is 0 Å². The summed E-state index contributed by atoms with van der Waals surface area (Å²) >= 11 is 0. The smallest absolute Gasteiger partial charge is 0.244 e. The Morgan fingerprint density at radius 3 is 2.45 bits per heavy atom. The first kappa shape index (κ1) is 21.3. The number of amides is 1. The van der Waals surface area contributed by atoms with E-state index in [4.69, 9.17) is 4.74 Å². The molecule has 6 heteroatoms. The first-order chi connectivity index (χ1) is 14.0. The molecule has 1 saturated heterocycles. The number of piperazine rings is 1. The number of nitrogens with zero attached hydrogens (tertiary/aromatic N) is 3. The van der Waals surface area contributed by atoms with Gasteiger partial charge in [-0.3, -0.25) is 14.6 Å². The van der Waals surface area contributed by atoms with Gasteiger partial charge in [0.1, 0.15) is 11.6 Å². The molecule has 156 valence electrons. The molecule has 1 aliphatic heterocycles. The van der Waals surface area contributed by atoms with Gasteiger partial charge in [-0.2, -0.15) is 0 Å². The van der Waals surface area contributed by atoms with Gasteiger partial charge >= 0.3 is 0 Å². The highest BCUT2D eigenvalue weighted by molar-refractivity contribution is 5.96. The van der Waals surface area contributed by atoms with Gasteiger partial charge in [-0.1, -0.05) is 18.2 Å². The highest BCUT2D eigenvalue weighted by Gasteiger charge is 2.29. The maximum Gasteiger partial charge on any atom is 0.244 e. The Bertz CT molecular complexity index is 807. The van der Waals surface area contributed by atoms with Crippen molar-refractivity contribution >= 4 is 11.6 Å². The van der Waals surface area contributed by atoms with Gasteiger partial charge in [0, 0.05) is 50.5 Å². The summed E-state index contributed by atoms with van der Waals surface area (Å²) in [4.78, 5) is 19.4. The summed E-state index contributed by atoms with van der Waals surface area (Å²) in [5.41, 5.74) is 1.79. The normalized spacial score (nSPS) is 16.4. The standard InChI is InChI=1S/C23H30FN3O2/c1-4-27(21-8-6-5-7-9-21)23(28)18(2)26-14-12-25(13-15-26)17-19-16-20(24)10-11-22(19)29-3/h5-11,16,18H,4,12-15,17H2,1-3H3/t18-/m0/s1. The van der Waals surface area contributed by atoms with Crippen molar-refractivity contribution in [3.8, 4) is 5.75 Å². The van der Waals surface area contributed by atoms with E-state index in [9.17, 15) is 9.18 Å². The summed E-state index contributed by atoms with van der Waals surface area (Å²) in [5, 5.41) is 0. The Morgan fingerprint density at radius 2 is 1.83 bits per heavy atom. The number of halogens is 1. The molecule has 1 amide bonds. The van der Waals surface area contributed by atoms with Gasteiger partial charge in [0.05, 0.1) is 13.2 Å². The molecule has 5 nitrogen and oxygen atoms in total. The van der Waals surface area contributed by atoms with Crippen LogP contribution in [-0.4, -0.2) is 61.6 Å². The number of hydrogen-bond donors (Lipinski definition) is 0. The molecule has 29 heavy (non-hydrogen) atoms. The van der Waals surface area contributed by atoms with Gasteiger partial charge in [-0.25, -0.2) is 4.39 Å². The van der Waals surface area contributed by atoms with Crippen LogP contribution in [0.15, 0.2) is 48.5 Å². The third-order valence-electron chi connectivity index (χ3n) is 5.60. The summed E-state index contributed by atoms with van der Waals surface area (Å²) < 4.78 is 19.0. The van der Waals surface area contributed by atoms with E-state index in [1.807, 2.05) is 49.1 Å². The van der Waals surface area contributed by atoms with Crippen LogP contribution in [0.3, 0.4) is 0 Å². The molecule has 0 saturated carbocycles.